The normalized spacial score (nSPS) is 11.6. The second kappa shape index (κ2) is 5.91. The molecule has 3 aromatic rings. The summed E-state index contributed by atoms with van der Waals surface area (Å²) in [5.41, 5.74) is 4.05. The molecular weight excluding hydrogens is 308 g/mol. The summed E-state index contributed by atoms with van der Waals surface area (Å²) in [7, 11) is 0. The van der Waals surface area contributed by atoms with Crippen LogP contribution < -0.4 is 0 Å². The Morgan fingerprint density at radius 1 is 0.682 bits per heavy atom. The second-order valence-corrected chi connectivity index (χ2v) is 8.02. The molecular formula is C20H19ClS. The van der Waals surface area contributed by atoms with E-state index < -0.39 is 0 Å². The van der Waals surface area contributed by atoms with E-state index in [1.54, 1.807) is 0 Å². The minimum absolute atomic E-state index is 0.197. The molecule has 0 fully saturated rings. The van der Waals surface area contributed by atoms with Gasteiger partial charge in [0.25, 0.3) is 0 Å². The molecule has 0 N–H and O–H groups in total. The third-order valence-electron chi connectivity index (χ3n) is 3.77. The fraction of sp³-hybridized carbons (Fsp3) is 0.200. The van der Waals surface area contributed by atoms with Crippen LogP contribution in [0.3, 0.4) is 0 Å². The summed E-state index contributed by atoms with van der Waals surface area (Å²) in [6.07, 6.45) is 0. The summed E-state index contributed by atoms with van der Waals surface area (Å²) in [6, 6.07) is 21.3. The van der Waals surface area contributed by atoms with E-state index in [2.05, 4.69) is 69.3 Å². The molecule has 2 heteroatoms. The van der Waals surface area contributed by atoms with Gasteiger partial charge in [-0.05, 0) is 46.4 Å². The Hall–Kier alpha value is -1.57. The van der Waals surface area contributed by atoms with E-state index >= 15 is 0 Å². The predicted octanol–water partition coefficient (Wildman–Crippen LogP) is 7.03. The summed E-state index contributed by atoms with van der Waals surface area (Å²) in [4.78, 5) is 2.57. The van der Waals surface area contributed by atoms with Gasteiger partial charge in [-0.25, -0.2) is 0 Å². The smallest absolute Gasteiger partial charge is 0.0406 e. The molecule has 0 nitrogen and oxygen atoms in total. The highest BCUT2D eigenvalue weighted by Gasteiger charge is 2.13. The summed E-state index contributed by atoms with van der Waals surface area (Å²) in [5.74, 6) is 0. The highest BCUT2D eigenvalue weighted by atomic mass is 35.5. The maximum atomic E-state index is 5.96. The number of benzene rings is 2. The Morgan fingerprint density at radius 2 is 1.14 bits per heavy atom. The molecule has 22 heavy (non-hydrogen) atoms. The van der Waals surface area contributed by atoms with E-state index in [1.807, 2.05) is 23.5 Å². The third-order valence-corrected chi connectivity index (χ3v) is 5.21. The van der Waals surface area contributed by atoms with Crippen LogP contribution in [0, 0.1) is 0 Å². The predicted molar refractivity (Wildman–Crippen MR) is 98.9 cm³/mol. The van der Waals surface area contributed by atoms with Crippen LogP contribution in [-0.2, 0) is 5.41 Å². The van der Waals surface area contributed by atoms with Crippen molar-refractivity contribution in [3.63, 3.8) is 0 Å². The van der Waals surface area contributed by atoms with Crippen molar-refractivity contribution in [2.45, 2.75) is 26.2 Å². The third kappa shape index (κ3) is 3.26. The molecule has 0 aliphatic carbocycles. The highest BCUT2D eigenvalue weighted by molar-refractivity contribution is 7.18. The van der Waals surface area contributed by atoms with Crippen molar-refractivity contribution in [2.75, 3.05) is 0 Å². The fourth-order valence-corrected chi connectivity index (χ4v) is 3.54. The molecule has 1 heterocycles. The van der Waals surface area contributed by atoms with Crippen molar-refractivity contribution in [3.05, 3.63) is 71.2 Å². The van der Waals surface area contributed by atoms with Gasteiger partial charge in [0.1, 0.15) is 0 Å². The standard InChI is InChI=1S/C20H19ClS/c1-20(2,3)16-8-4-14(5-9-16)18-12-13-19(22-18)15-6-10-17(21)11-7-15/h4-13H,1-3H3. The topological polar surface area (TPSA) is 0 Å². The summed E-state index contributed by atoms with van der Waals surface area (Å²) >= 11 is 7.77. The molecule has 0 atom stereocenters. The van der Waals surface area contributed by atoms with Gasteiger partial charge in [-0.15, -0.1) is 11.3 Å². The molecule has 0 aliphatic heterocycles. The lowest BCUT2D eigenvalue weighted by Crippen LogP contribution is -2.10. The van der Waals surface area contributed by atoms with Gasteiger partial charge < -0.3 is 0 Å². The van der Waals surface area contributed by atoms with Crippen molar-refractivity contribution >= 4 is 22.9 Å². The van der Waals surface area contributed by atoms with Gasteiger partial charge in [-0.2, -0.15) is 0 Å². The molecule has 0 amide bonds. The lowest BCUT2D eigenvalue weighted by Gasteiger charge is -2.18. The average Bonchev–Trinajstić information content (AvgIpc) is 2.97. The first-order valence-corrected chi connectivity index (χ1v) is 8.60. The van der Waals surface area contributed by atoms with Crippen LogP contribution >= 0.6 is 22.9 Å². The first-order valence-electron chi connectivity index (χ1n) is 7.40. The Bertz CT molecular complexity index is 759. The molecule has 0 spiro atoms. The first-order chi connectivity index (χ1) is 10.4. The maximum absolute atomic E-state index is 5.96. The molecule has 0 unspecified atom stereocenters. The van der Waals surface area contributed by atoms with Gasteiger partial charge in [0.2, 0.25) is 0 Å². The summed E-state index contributed by atoms with van der Waals surface area (Å²) < 4.78 is 0. The number of hydrogen-bond acceptors (Lipinski definition) is 1. The molecule has 0 saturated carbocycles. The number of halogens is 1. The zero-order chi connectivity index (χ0) is 15.7. The fourth-order valence-electron chi connectivity index (χ4n) is 2.40. The minimum Gasteiger partial charge on any atom is -0.135 e. The van der Waals surface area contributed by atoms with Crippen LogP contribution in [0.2, 0.25) is 5.02 Å². The van der Waals surface area contributed by atoms with E-state index in [1.165, 1.54) is 26.4 Å². The maximum Gasteiger partial charge on any atom is 0.0406 e. The van der Waals surface area contributed by atoms with E-state index in [-0.39, 0.29) is 5.41 Å². The van der Waals surface area contributed by atoms with Crippen LogP contribution in [0.5, 0.6) is 0 Å². The Morgan fingerprint density at radius 3 is 1.59 bits per heavy atom. The summed E-state index contributed by atoms with van der Waals surface area (Å²) in [6.45, 7) is 6.73. The van der Waals surface area contributed by atoms with Crippen LogP contribution in [0.4, 0.5) is 0 Å². The monoisotopic (exact) mass is 326 g/mol. The van der Waals surface area contributed by atoms with E-state index in [9.17, 15) is 0 Å². The Kier molecular flexibility index (Phi) is 4.12. The highest BCUT2D eigenvalue weighted by Crippen LogP contribution is 2.35. The van der Waals surface area contributed by atoms with Crippen LogP contribution in [0.1, 0.15) is 26.3 Å². The summed E-state index contributed by atoms with van der Waals surface area (Å²) in [5, 5.41) is 0.776. The van der Waals surface area contributed by atoms with Crippen LogP contribution in [0.15, 0.2) is 60.7 Å². The lowest BCUT2D eigenvalue weighted by atomic mass is 9.86. The number of hydrogen-bond donors (Lipinski definition) is 0. The van der Waals surface area contributed by atoms with E-state index in [4.69, 9.17) is 11.6 Å². The number of rotatable bonds is 2. The van der Waals surface area contributed by atoms with Crippen molar-refractivity contribution in [3.8, 4) is 20.9 Å². The van der Waals surface area contributed by atoms with E-state index in [0.29, 0.717) is 0 Å². The van der Waals surface area contributed by atoms with Gasteiger partial charge in [-0.1, -0.05) is 68.8 Å². The van der Waals surface area contributed by atoms with Crippen LogP contribution in [-0.4, -0.2) is 0 Å². The molecule has 1 aromatic heterocycles. The van der Waals surface area contributed by atoms with Crippen molar-refractivity contribution in [1.29, 1.82) is 0 Å². The molecule has 3 rings (SSSR count). The average molecular weight is 327 g/mol. The number of thiophene rings is 1. The molecule has 2 aromatic carbocycles. The zero-order valence-electron chi connectivity index (χ0n) is 13.1. The Labute approximate surface area is 141 Å². The molecule has 112 valence electrons. The van der Waals surface area contributed by atoms with Gasteiger partial charge in [0, 0.05) is 14.8 Å². The zero-order valence-corrected chi connectivity index (χ0v) is 14.6. The van der Waals surface area contributed by atoms with Gasteiger partial charge in [0.05, 0.1) is 0 Å². The quantitative estimate of drug-likeness (QED) is 0.474. The molecule has 0 radical (unpaired) electrons. The minimum atomic E-state index is 0.197. The SMILES string of the molecule is CC(C)(C)c1ccc(-c2ccc(-c3ccc(Cl)cc3)s2)cc1. The van der Waals surface area contributed by atoms with Crippen LogP contribution in [0.25, 0.3) is 20.9 Å². The Balaban J connectivity index is 1.89. The lowest BCUT2D eigenvalue weighted by molar-refractivity contribution is 0.590. The van der Waals surface area contributed by atoms with Crippen molar-refractivity contribution in [2.24, 2.45) is 0 Å². The van der Waals surface area contributed by atoms with Gasteiger partial charge in [-0.3, -0.25) is 0 Å². The van der Waals surface area contributed by atoms with Gasteiger partial charge >= 0.3 is 0 Å². The second-order valence-electron chi connectivity index (χ2n) is 6.50. The first kappa shape index (κ1) is 15.3. The van der Waals surface area contributed by atoms with E-state index in [0.717, 1.165) is 5.02 Å². The molecule has 0 aliphatic rings. The molecule has 0 saturated heterocycles. The van der Waals surface area contributed by atoms with Crippen molar-refractivity contribution in [1.82, 2.24) is 0 Å². The molecule has 0 bridgehead atoms. The van der Waals surface area contributed by atoms with Gasteiger partial charge in [0.15, 0.2) is 0 Å². The largest absolute Gasteiger partial charge is 0.135 e. The van der Waals surface area contributed by atoms with Crippen molar-refractivity contribution < 1.29 is 0 Å².